The van der Waals surface area contributed by atoms with Gasteiger partial charge in [0.25, 0.3) is 0 Å². The predicted molar refractivity (Wildman–Crippen MR) is 76.7 cm³/mol. The van der Waals surface area contributed by atoms with Gasteiger partial charge in [-0.2, -0.15) is 0 Å². The van der Waals surface area contributed by atoms with E-state index in [0.717, 1.165) is 24.9 Å². The van der Waals surface area contributed by atoms with Crippen molar-refractivity contribution in [3.8, 4) is 5.75 Å². The van der Waals surface area contributed by atoms with E-state index in [-0.39, 0.29) is 23.7 Å². The van der Waals surface area contributed by atoms with Gasteiger partial charge in [0.05, 0.1) is 0 Å². The van der Waals surface area contributed by atoms with Gasteiger partial charge in [0, 0.05) is 13.0 Å². The van der Waals surface area contributed by atoms with E-state index >= 15 is 0 Å². The van der Waals surface area contributed by atoms with Gasteiger partial charge in [-0.05, 0) is 37.4 Å². The molecule has 2 rings (SSSR count). The van der Waals surface area contributed by atoms with Gasteiger partial charge in [-0.15, -0.1) is 12.4 Å². The molecule has 0 amide bonds. The lowest BCUT2D eigenvalue weighted by molar-refractivity contribution is -0.131. The minimum atomic E-state index is -1.09. The highest BCUT2D eigenvalue weighted by atomic mass is 35.5. The molecular formula is C14H18ClNO4. The highest BCUT2D eigenvalue weighted by Gasteiger charge is 2.21. The lowest BCUT2D eigenvalue weighted by Crippen LogP contribution is -2.24. The number of ether oxygens (including phenoxy) is 1. The molecule has 0 spiro atoms. The molecule has 1 saturated heterocycles. The number of benzene rings is 1. The number of carbonyl (C=O) groups is 2. The number of nitrogens with one attached hydrogen (secondary N) is 1. The van der Waals surface area contributed by atoms with Crippen molar-refractivity contribution >= 4 is 24.3 Å². The molecule has 1 unspecified atom stereocenters. The number of carbonyl (C=O) groups excluding carboxylic acids is 1. The topological polar surface area (TPSA) is 75.6 Å². The lowest BCUT2D eigenvalue weighted by atomic mass is 10.0. The van der Waals surface area contributed by atoms with Gasteiger partial charge < -0.3 is 15.2 Å². The van der Waals surface area contributed by atoms with Gasteiger partial charge in [0.2, 0.25) is 0 Å². The number of carboxylic acids is 1. The Labute approximate surface area is 123 Å². The minimum absolute atomic E-state index is 0. The average Bonchev–Trinajstić information content (AvgIpc) is 2.83. The third-order valence-electron chi connectivity index (χ3n) is 3.20. The monoisotopic (exact) mass is 299 g/mol. The second kappa shape index (κ2) is 7.26. The van der Waals surface area contributed by atoms with Gasteiger partial charge in [-0.1, -0.05) is 12.1 Å². The molecule has 1 aromatic rings. The zero-order valence-electron chi connectivity index (χ0n) is 11.2. The first-order chi connectivity index (χ1) is 9.08. The molecule has 1 aliphatic heterocycles. The average molecular weight is 300 g/mol. The van der Waals surface area contributed by atoms with Gasteiger partial charge >= 0.3 is 11.9 Å². The Morgan fingerprint density at radius 2 is 2.20 bits per heavy atom. The number of para-hydroxylation sites is 1. The number of halogens is 1. The number of esters is 1. The summed E-state index contributed by atoms with van der Waals surface area (Å²) in [6, 6.07) is 5.26. The second-order valence-corrected chi connectivity index (χ2v) is 4.69. The fraction of sp³-hybridized carbons (Fsp3) is 0.429. The van der Waals surface area contributed by atoms with E-state index in [1.165, 1.54) is 13.0 Å². The van der Waals surface area contributed by atoms with Crippen LogP contribution in [0.4, 0.5) is 0 Å². The fourth-order valence-electron chi connectivity index (χ4n) is 2.37. The molecular weight excluding hydrogens is 282 g/mol. The highest BCUT2D eigenvalue weighted by Crippen LogP contribution is 2.27. The van der Waals surface area contributed by atoms with Gasteiger partial charge in [0.1, 0.15) is 11.3 Å². The maximum absolute atomic E-state index is 11.2. The normalized spacial score (nSPS) is 17.4. The summed E-state index contributed by atoms with van der Waals surface area (Å²) in [5, 5.41) is 12.5. The SMILES string of the molecule is CC(=O)Oc1c(CC2CCCN2)cccc1C(=O)O.Cl. The standard InChI is InChI=1S/C14H17NO4.ClH/c1-9(16)19-13-10(8-11-5-3-7-15-11)4-2-6-12(13)14(17)18;/h2,4,6,11,15H,3,5,7-8H2,1H3,(H,17,18);1H. The fourth-order valence-corrected chi connectivity index (χ4v) is 2.37. The van der Waals surface area contributed by atoms with E-state index in [1.54, 1.807) is 6.07 Å². The van der Waals surface area contributed by atoms with Crippen molar-refractivity contribution in [2.45, 2.75) is 32.2 Å². The predicted octanol–water partition coefficient (Wildman–Crippen LogP) is 2.03. The molecule has 0 aliphatic carbocycles. The molecule has 0 aromatic heterocycles. The smallest absolute Gasteiger partial charge is 0.339 e. The molecule has 2 N–H and O–H groups in total. The molecule has 5 nitrogen and oxygen atoms in total. The van der Waals surface area contributed by atoms with Crippen LogP contribution in [0.25, 0.3) is 0 Å². The summed E-state index contributed by atoms with van der Waals surface area (Å²) in [5.74, 6) is -1.41. The van der Waals surface area contributed by atoms with Crippen molar-refractivity contribution in [1.82, 2.24) is 5.32 Å². The number of hydrogen-bond acceptors (Lipinski definition) is 4. The van der Waals surface area contributed by atoms with Crippen molar-refractivity contribution < 1.29 is 19.4 Å². The van der Waals surface area contributed by atoms with Crippen LogP contribution in [-0.4, -0.2) is 29.6 Å². The van der Waals surface area contributed by atoms with Crippen molar-refractivity contribution in [3.63, 3.8) is 0 Å². The first-order valence-corrected chi connectivity index (χ1v) is 6.35. The summed E-state index contributed by atoms with van der Waals surface area (Å²) in [7, 11) is 0. The maximum atomic E-state index is 11.2. The van der Waals surface area contributed by atoms with Crippen LogP contribution in [0.5, 0.6) is 5.75 Å². The Hall–Kier alpha value is -1.59. The van der Waals surface area contributed by atoms with E-state index in [4.69, 9.17) is 9.84 Å². The second-order valence-electron chi connectivity index (χ2n) is 4.69. The Morgan fingerprint density at radius 3 is 2.75 bits per heavy atom. The molecule has 1 aliphatic rings. The van der Waals surface area contributed by atoms with Gasteiger partial charge in [0.15, 0.2) is 0 Å². The number of aromatic carboxylic acids is 1. The molecule has 1 atom stereocenters. The number of rotatable bonds is 4. The maximum Gasteiger partial charge on any atom is 0.339 e. The van der Waals surface area contributed by atoms with Crippen molar-refractivity contribution in [2.24, 2.45) is 0 Å². The lowest BCUT2D eigenvalue weighted by Gasteiger charge is -2.15. The Kier molecular flexibility index (Phi) is 5.98. The quantitative estimate of drug-likeness (QED) is 0.657. The third-order valence-corrected chi connectivity index (χ3v) is 3.20. The summed E-state index contributed by atoms with van der Waals surface area (Å²) in [4.78, 5) is 22.3. The van der Waals surface area contributed by atoms with Crippen LogP contribution >= 0.6 is 12.4 Å². The summed E-state index contributed by atoms with van der Waals surface area (Å²) in [6.07, 6.45) is 2.84. The first kappa shape index (κ1) is 16.5. The van der Waals surface area contributed by atoms with E-state index < -0.39 is 11.9 Å². The van der Waals surface area contributed by atoms with Crippen molar-refractivity contribution in [1.29, 1.82) is 0 Å². The van der Waals surface area contributed by atoms with Crippen molar-refractivity contribution in [3.05, 3.63) is 29.3 Å². The van der Waals surface area contributed by atoms with Crippen molar-refractivity contribution in [2.75, 3.05) is 6.54 Å². The molecule has 1 heterocycles. The summed E-state index contributed by atoms with van der Waals surface area (Å²) >= 11 is 0. The van der Waals surface area contributed by atoms with Crippen LogP contribution in [0.1, 0.15) is 35.7 Å². The summed E-state index contributed by atoms with van der Waals surface area (Å²) < 4.78 is 5.10. The molecule has 1 fully saturated rings. The third kappa shape index (κ3) is 3.95. The van der Waals surface area contributed by atoms with E-state index in [1.807, 2.05) is 6.07 Å². The zero-order valence-corrected chi connectivity index (χ0v) is 12.0. The molecule has 110 valence electrons. The van der Waals surface area contributed by atoms with Crippen LogP contribution in [0.3, 0.4) is 0 Å². The molecule has 0 radical (unpaired) electrons. The Morgan fingerprint density at radius 1 is 1.45 bits per heavy atom. The van der Waals surface area contributed by atoms with Gasteiger partial charge in [-0.25, -0.2) is 4.79 Å². The number of carboxylic acid groups (broad SMARTS) is 1. The van der Waals surface area contributed by atoms with Crippen LogP contribution in [0.2, 0.25) is 0 Å². The minimum Gasteiger partial charge on any atom is -0.478 e. The van der Waals surface area contributed by atoms with Crippen LogP contribution in [0, 0.1) is 0 Å². The molecule has 1 aromatic carbocycles. The summed E-state index contributed by atoms with van der Waals surface area (Å²) in [5.41, 5.74) is 0.792. The van der Waals surface area contributed by atoms with Gasteiger partial charge in [-0.3, -0.25) is 4.79 Å². The van der Waals surface area contributed by atoms with E-state index in [9.17, 15) is 9.59 Å². The Balaban J connectivity index is 0.00000200. The van der Waals surface area contributed by atoms with Crippen LogP contribution in [0.15, 0.2) is 18.2 Å². The summed E-state index contributed by atoms with van der Waals surface area (Å²) in [6.45, 7) is 2.25. The zero-order chi connectivity index (χ0) is 13.8. The molecule has 20 heavy (non-hydrogen) atoms. The van der Waals surface area contributed by atoms with Crippen LogP contribution in [-0.2, 0) is 11.2 Å². The van der Waals surface area contributed by atoms with E-state index in [2.05, 4.69) is 5.32 Å². The molecule has 0 saturated carbocycles. The highest BCUT2D eigenvalue weighted by molar-refractivity contribution is 5.92. The Bertz CT molecular complexity index is 498. The number of hydrogen-bond donors (Lipinski definition) is 2. The first-order valence-electron chi connectivity index (χ1n) is 6.35. The van der Waals surface area contributed by atoms with Crippen LogP contribution < -0.4 is 10.1 Å². The molecule has 6 heteroatoms. The largest absolute Gasteiger partial charge is 0.478 e. The van der Waals surface area contributed by atoms with E-state index in [0.29, 0.717) is 12.5 Å². The molecule has 0 bridgehead atoms.